The maximum absolute atomic E-state index is 9.32. The average molecular weight is 433 g/mol. The monoisotopic (exact) mass is 433 g/mol. The van der Waals surface area contributed by atoms with Gasteiger partial charge in [0, 0.05) is 32.2 Å². The van der Waals surface area contributed by atoms with Gasteiger partial charge >= 0.3 is 0 Å². The van der Waals surface area contributed by atoms with Gasteiger partial charge in [-0.1, -0.05) is 12.1 Å². The number of aliphatic imine (C=N–C) groups is 1. The van der Waals surface area contributed by atoms with Crippen molar-refractivity contribution in [3.05, 3.63) is 29.8 Å². The van der Waals surface area contributed by atoms with Gasteiger partial charge in [0.25, 0.3) is 0 Å². The maximum Gasteiger partial charge on any atom is 0.194 e. The molecule has 2 N–H and O–H groups in total. The molecule has 0 spiro atoms. The second kappa shape index (κ2) is 10.7. The molecular formula is C17H28IN3O2. The summed E-state index contributed by atoms with van der Waals surface area (Å²) in [5, 5.41) is 12.7. The van der Waals surface area contributed by atoms with Crippen molar-refractivity contribution in [1.29, 1.82) is 0 Å². The molecule has 130 valence electrons. The van der Waals surface area contributed by atoms with Crippen molar-refractivity contribution in [3.63, 3.8) is 0 Å². The maximum atomic E-state index is 9.32. The van der Waals surface area contributed by atoms with Crippen LogP contribution in [0, 0.1) is 5.92 Å². The van der Waals surface area contributed by atoms with Gasteiger partial charge in [0.05, 0.1) is 13.2 Å². The summed E-state index contributed by atoms with van der Waals surface area (Å²) in [6.07, 6.45) is 1.16. The average Bonchev–Trinajstić information content (AvgIpc) is 2.99. The number of halogens is 1. The molecule has 6 heteroatoms. The Hall–Kier alpha value is -1.02. The van der Waals surface area contributed by atoms with Crippen LogP contribution in [0.15, 0.2) is 29.3 Å². The number of likely N-dealkylation sites (tertiary alicyclic amines) is 1. The van der Waals surface area contributed by atoms with E-state index in [1.54, 1.807) is 12.1 Å². The van der Waals surface area contributed by atoms with E-state index in [4.69, 9.17) is 9.73 Å². The number of nitrogens with zero attached hydrogens (tertiary/aromatic N) is 2. The Morgan fingerprint density at radius 2 is 2.09 bits per heavy atom. The smallest absolute Gasteiger partial charge is 0.194 e. The highest BCUT2D eigenvalue weighted by molar-refractivity contribution is 14.0. The van der Waals surface area contributed by atoms with Crippen molar-refractivity contribution in [1.82, 2.24) is 10.2 Å². The summed E-state index contributed by atoms with van der Waals surface area (Å²) in [5.74, 6) is 1.85. The number of nitrogens with one attached hydrogen (secondary N) is 1. The minimum absolute atomic E-state index is 0. The van der Waals surface area contributed by atoms with Crippen LogP contribution < -0.4 is 5.32 Å². The number of phenolic OH excluding ortho intramolecular Hbond substituents is 1. The lowest BCUT2D eigenvalue weighted by atomic mass is 10.1. The summed E-state index contributed by atoms with van der Waals surface area (Å²) in [5.41, 5.74) is 1.10. The minimum Gasteiger partial charge on any atom is -0.508 e. The summed E-state index contributed by atoms with van der Waals surface area (Å²) in [4.78, 5) is 7.03. The molecule has 0 aliphatic carbocycles. The number of aromatic hydroxyl groups is 1. The van der Waals surface area contributed by atoms with Crippen LogP contribution in [0.5, 0.6) is 5.75 Å². The summed E-state index contributed by atoms with van der Waals surface area (Å²) in [7, 11) is 0. The first-order chi connectivity index (χ1) is 10.7. The van der Waals surface area contributed by atoms with E-state index in [9.17, 15) is 5.11 Å². The molecule has 1 atom stereocenters. The van der Waals surface area contributed by atoms with E-state index in [1.165, 1.54) is 0 Å². The number of benzene rings is 1. The Labute approximate surface area is 156 Å². The van der Waals surface area contributed by atoms with Crippen LogP contribution in [-0.2, 0) is 11.3 Å². The molecule has 1 saturated heterocycles. The van der Waals surface area contributed by atoms with E-state index in [0.717, 1.165) is 50.8 Å². The normalized spacial score (nSPS) is 17.9. The summed E-state index contributed by atoms with van der Waals surface area (Å²) < 4.78 is 5.54. The molecular weight excluding hydrogens is 405 g/mol. The zero-order valence-corrected chi connectivity index (χ0v) is 16.3. The molecule has 0 aromatic heterocycles. The fraction of sp³-hybridized carbons (Fsp3) is 0.588. The van der Waals surface area contributed by atoms with Crippen molar-refractivity contribution in [2.24, 2.45) is 10.9 Å². The fourth-order valence-electron chi connectivity index (χ4n) is 2.64. The van der Waals surface area contributed by atoms with Crippen molar-refractivity contribution < 1.29 is 9.84 Å². The topological polar surface area (TPSA) is 57.1 Å². The third-order valence-electron chi connectivity index (χ3n) is 3.83. The first-order valence-electron chi connectivity index (χ1n) is 8.11. The van der Waals surface area contributed by atoms with Gasteiger partial charge in [-0.05, 0) is 38.0 Å². The van der Waals surface area contributed by atoms with Gasteiger partial charge in [0.1, 0.15) is 5.75 Å². The molecule has 5 nitrogen and oxygen atoms in total. The number of guanidine groups is 1. The van der Waals surface area contributed by atoms with Crippen molar-refractivity contribution in [2.45, 2.75) is 26.8 Å². The van der Waals surface area contributed by atoms with E-state index in [-0.39, 0.29) is 29.7 Å². The largest absolute Gasteiger partial charge is 0.508 e. The quantitative estimate of drug-likeness (QED) is 0.412. The number of rotatable bonds is 6. The number of ether oxygens (including phenoxy) is 1. The Morgan fingerprint density at radius 1 is 1.35 bits per heavy atom. The highest BCUT2D eigenvalue weighted by atomic mass is 127. The Bertz CT molecular complexity index is 479. The van der Waals surface area contributed by atoms with E-state index in [2.05, 4.69) is 17.1 Å². The molecule has 1 aromatic rings. The van der Waals surface area contributed by atoms with E-state index >= 15 is 0 Å². The zero-order valence-electron chi connectivity index (χ0n) is 14.0. The Morgan fingerprint density at radius 3 is 2.74 bits per heavy atom. The third-order valence-corrected chi connectivity index (χ3v) is 3.83. The summed E-state index contributed by atoms with van der Waals surface area (Å²) in [6.45, 7) is 9.26. The molecule has 0 bridgehead atoms. The van der Waals surface area contributed by atoms with Gasteiger partial charge in [-0.3, -0.25) is 0 Å². The zero-order chi connectivity index (χ0) is 15.8. The van der Waals surface area contributed by atoms with Crippen LogP contribution in [0.3, 0.4) is 0 Å². The van der Waals surface area contributed by atoms with Crippen LogP contribution in [0.4, 0.5) is 0 Å². The van der Waals surface area contributed by atoms with Crippen LogP contribution >= 0.6 is 24.0 Å². The molecule has 1 aromatic carbocycles. The van der Waals surface area contributed by atoms with Gasteiger partial charge in [-0.15, -0.1) is 24.0 Å². The van der Waals surface area contributed by atoms with Crippen LogP contribution in [0.1, 0.15) is 25.8 Å². The van der Waals surface area contributed by atoms with Crippen molar-refractivity contribution in [2.75, 3.05) is 32.8 Å². The molecule has 1 unspecified atom stereocenters. The van der Waals surface area contributed by atoms with Gasteiger partial charge in [-0.2, -0.15) is 0 Å². The molecule has 1 heterocycles. The van der Waals surface area contributed by atoms with Crippen LogP contribution in [-0.4, -0.2) is 48.8 Å². The SMILES string of the molecule is CCNC(=NCc1ccc(O)cc1)N1CCC(COCC)C1.I. The number of hydrogen-bond donors (Lipinski definition) is 2. The van der Waals surface area contributed by atoms with Crippen molar-refractivity contribution in [3.8, 4) is 5.75 Å². The molecule has 23 heavy (non-hydrogen) atoms. The van der Waals surface area contributed by atoms with Gasteiger partial charge in [0.2, 0.25) is 0 Å². The van der Waals surface area contributed by atoms with E-state index < -0.39 is 0 Å². The lowest BCUT2D eigenvalue weighted by Gasteiger charge is -2.21. The molecule has 2 rings (SSSR count). The second-order valence-electron chi connectivity index (χ2n) is 5.60. The lowest BCUT2D eigenvalue weighted by molar-refractivity contribution is 0.114. The van der Waals surface area contributed by atoms with Gasteiger partial charge in [0.15, 0.2) is 5.96 Å². The van der Waals surface area contributed by atoms with Gasteiger partial charge < -0.3 is 20.1 Å². The number of phenols is 1. The van der Waals surface area contributed by atoms with Crippen LogP contribution in [0.2, 0.25) is 0 Å². The first-order valence-corrected chi connectivity index (χ1v) is 8.11. The minimum atomic E-state index is 0. The molecule has 0 radical (unpaired) electrons. The van der Waals surface area contributed by atoms with E-state index in [0.29, 0.717) is 12.5 Å². The second-order valence-corrected chi connectivity index (χ2v) is 5.60. The lowest BCUT2D eigenvalue weighted by Crippen LogP contribution is -2.40. The summed E-state index contributed by atoms with van der Waals surface area (Å²) >= 11 is 0. The standard InChI is InChI=1S/C17H27N3O2.HI/c1-3-18-17(19-11-14-5-7-16(21)8-6-14)20-10-9-15(12-20)13-22-4-2;/h5-8,15,21H,3-4,9-13H2,1-2H3,(H,18,19);1H. The molecule has 1 aliphatic heterocycles. The Kier molecular flexibility index (Phi) is 9.31. The van der Waals surface area contributed by atoms with Crippen molar-refractivity contribution >= 4 is 29.9 Å². The van der Waals surface area contributed by atoms with Crippen LogP contribution in [0.25, 0.3) is 0 Å². The first kappa shape index (κ1) is 20.0. The Balaban J connectivity index is 0.00000264. The predicted molar refractivity (Wildman–Crippen MR) is 105 cm³/mol. The number of hydrogen-bond acceptors (Lipinski definition) is 3. The molecule has 0 amide bonds. The molecule has 1 fully saturated rings. The summed E-state index contributed by atoms with van der Waals surface area (Å²) in [6, 6.07) is 7.21. The van der Waals surface area contributed by atoms with Gasteiger partial charge in [-0.25, -0.2) is 4.99 Å². The molecule has 0 saturated carbocycles. The third kappa shape index (κ3) is 6.55. The fourth-order valence-corrected chi connectivity index (χ4v) is 2.64. The molecule has 1 aliphatic rings. The van der Waals surface area contributed by atoms with E-state index in [1.807, 2.05) is 19.1 Å². The highest BCUT2D eigenvalue weighted by Crippen LogP contribution is 2.17. The highest BCUT2D eigenvalue weighted by Gasteiger charge is 2.24. The predicted octanol–water partition coefficient (Wildman–Crippen LogP) is 2.83.